The van der Waals surface area contributed by atoms with Crippen LogP contribution in [0.3, 0.4) is 0 Å². The van der Waals surface area contributed by atoms with Gasteiger partial charge in [-0.25, -0.2) is 8.42 Å². The van der Waals surface area contributed by atoms with E-state index in [1.807, 2.05) is 13.0 Å². The highest BCUT2D eigenvalue weighted by Crippen LogP contribution is 2.27. The Morgan fingerprint density at radius 2 is 2.29 bits per heavy atom. The molecule has 1 aliphatic heterocycles. The molecule has 1 saturated heterocycles. The average Bonchev–Trinajstić information content (AvgIpc) is 2.78. The number of aliphatic hydroxyl groups is 1. The van der Waals surface area contributed by atoms with Crippen molar-refractivity contribution in [3.63, 3.8) is 0 Å². The Labute approximate surface area is 106 Å². The van der Waals surface area contributed by atoms with E-state index in [0.717, 1.165) is 17.7 Å². The van der Waals surface area contributed by atoms with Crippen LogP contribution in [-0.2, 0) is 16.4 Å². The number of piperidine rings is 1. The Morgan fingerprint density at radius 1 is 1.53 bits per heavy atom. The van der Waals surface area contributed by atoms with Crippen molar-refractivity contribution in [1.82, 2.24) is 4.31 Å². The second-order valence-electron chi connectivity index (χ2n) is 4.23. The molecule has 1 unspecified atom stereocenters. The quantitative estimate of drug-likeness (QED) is 0.908. The molecule has 1 aliphatic rings. The minimum absolute atomic E-state index is 0.224. The van der Waals surface area contributed by atoms with Gasteiger partial charge in [-0.15, -0.1) is 11.3 Å². The maximum atomic E-state index is 12.3. The van der Waals surface area contributed by atoms with E-state index in [4.69, 9.17) is 0 Å². The van der Waals surface area contributed by atoms with E-state index < -0.39 is 16.1 Å². The molecule has 0 aliphatic carbocycles. The first-order chi connectivity index (χ1) is 8.04. The Bertz CT molecular complexity index is 481. The fraction of sp³-hybridized carbons (Fsp3) is 0.636. The Hall–Kier alpha value is -0.430. The molecule has 2 heterocycles. The zero-order valence-corrected chi connectivity index (χ0v) is 11.4. The van der Waals surface area contributed by atoms with Gasteiger partial charge in [-0.2, -0.15) is 4.31 Å². The molecule has 0 amide bonds. The molecule has 1 aromatic heterocycles. The van der Waals surface area contributed by atoms with Gasteiger partial charge in [0.15, 0.2) is 0 Å². The van der Waals surface area contributed by atoms with Crippen molar-refractivity contribution < 1.29 is 13.5 Å². The van der Waals surface area contributed by atoms with Crippen LogP contribution >= 0.6 is 11.3 Å². The van der Waals surface area contributed by atoms with E-state index >= 15 is 0 Å². The highest BCUT2D eigenvalue weighted by atomic mass is 32.2. The second kappa shape index (κ2) is 5.06. The monoisotopic (exact) mass is 275 g/mol. The highest BCUT2D eigenvalue weighted by molar-refractivity contribution is 7.91. The summed E-state index contributed by atoms with van der Waals surface area (Å²) in [6.07, 6.45) is 1.75. The molecule has 0 radical (unpaired) electrons. The molecule has 0 bridgehead atoms. The summed E-state index contributed by atoms with van der Waals surface area (Å²) in [6, 6.07) is 3.53. The number of aliphatic hydroxyl groups excluding tert-OH is 1. The molecule has 6 heteroatoms. The van der Waals surface area contributed by atoms with E-state index in [9.17, 15) is 13.5 Å². The zero-order valence-electron chi connectivity index (χ0n) is 9.80. The summed E-state index contributed by atoms with van der Waals surface area (Å²) >= 11 is 1.32. The van der Waals surface area contributed by atoms with E-state index in [0.29, 0.717) is 17.2 Å². The van der Waals surface area contributed by atoms with Crippen LogP contribution in [0.1, 0.15) is 24.6 Å². The lowest BCUT2D eigenvalue weighted by molar-refractivity contribution is 0.108. The number of hydrogen-bond donors (Lipinski definition) is 1. The van der Waals surface area contributed by atoms with Gasteiger partial charge >= 0.3 is 0 Å². The van der Waals surface area contributed by atoms with Crippen LogP contribution in [0, 0.1) is 0 Å². The number of aryl methyl sites for hydroxylation is 1. The van der Waals surface area contributed by atoms with Crippen molar-refractivity contribution in [3.8, 4) is 0 Å². The van der Waals surface area contributed by atoms with Crippen LogP contribution in [0.4, 0.5) is 0 Å². The summed E-state index contributed by atoms with van der Waals surface area (Å²) in [5.41, 5.74) is 0. The van der Waals surface area contributed by atoms with Crippen molar-refractivity contribution in [3.05, 3.63) is 17.0 Å². The van der Waals surface area contributed by atoms with Crippen LogP contribution in [0.25, 0.3) is 0 Å². The topological polar surface area (TPSA) is 57.6 Å². The fourth-order valence-electron chi connectivity index (χ4n) is 1.95. The normalized spacial score (nSPS) is 22.8. The molecule has 0 saturated carbocycles. The molecule has 1 atom stereocenters. The van der Waals surface area contributed by atoms with E-state index in [-0.39, 0.29) is 6.54 Å². The summed E-state index contributed by atoms with van der Waals surface area (Å²) in [6.45, 7) is 2.74. The van der Waals surface area contributed by atoms with Crippen molar-refractivity contribution >= 4 is 21.4 Å². The van der Waals surface area contributed by atoms with E-state index in [1.165, 1.54) is 15.6 Å². The Morgan fingerprint density at radius 3 is 2.88 bits per heavy atom. The molecule has 1 aromatic rings. The lowest BCUT2D eigenvalue weighted by Crippen LogP contribution is -2.41. The number of β-amino-alcohol motifs (C(OH)–C–C–N with tert-alkyl or cyclic N) is 1. The number of hydrogen-bond acceptors (Lipinski definition) is 4. The molecule has 4 nitrogen and oxygen atoms in total. The van der Waals surface area contributed by atoms with Gasteiger partial charge in [0.05, 0.1) is 6.10 Å². The minimum atomic E-state index is -3.39. The van der Waals surface area contributed by atoms with E-state index in [2.05, 4.69) is 0 Å². The second-order valence-corrected chi connectivity index (χ2v) is 7.57. The summed E-state index contributed by atoms with van der Waals surface area (Å²) in [7, 11) is -3.39. The first kappa shape index (κ1) is 13.0. The van der Waals surface area contributed by atoms with Crippen LogP contribution < -0.4 is 0 Å². The van der Waals surface area contributed by atoms with Gasteiger partial charge in [0, 0.05) is 18.0 Å². The lowest BCUT2D eigenvalue weighted by atomic mass is 10.1. The van der Waals surface area contributed by atoms with Gasteiger partial charge in [-0.3, -0.25) is 0 Å². The first-order valence-electron chi connectivity index (χ1n) is 5.81. The van der Waals surface area contributed by atoms with E-state index in [1.54, 1.807) is 6.07 Å². The Balaban J connectivity index is 2.23. The molecule has 1 N–H and O–H groups in total. The average molecular weight is 275 g/mol. The minimum Gasteiger partial charge on any atom is -0.392 e. The standard InChI is InChI=1S/C11H17NO3S2/c1-2-10-5-6-11(16-10)17(14,15)12-7-3-4-9(13)8-12/h5-6,9,13H,2-4,7-8H2,1H3. The summed E-state index contributed by atoms with van der Waals surface area (Å²) in [5.74, 6) is 0. The third-order valence-corrected chi connectivity index (χ3v) is 6.50. The van der Waals surface area contributed by atoms with Gasteiger partial charge in [-0.05, 0) is 31.4 Å². The number of rotatable bonds is 3. The number of sulfonamides is 1. The third kappa shape index (κ3) is 2.70. The van der Waals surface area contributed by atoms with Gasteiger partial charge in [-0.1, -0.05) is 6.92 Å². The number of thiophene rings is 1. The predicted molar refractivity (Wildman–Crippen MR) is 67.7 cm³/mol. The first-order valence-corrected chi connectivity index (χ1v) is 8.06. The van der Waals surface area contributed by atoms with Gasteiger partial charge in [0.1, 0.15) is 4.21 Å². The van der Waals surface area contributed by atoms with Crippen LogP contribution in [0.5, 0.6) is 0 Å². The van der Waals surface area contributed by atoms with Crippen molar-refractivity contribution in [1.29, 1.82) is 0 Å². The van der Waals surface area contributed by atoms with Crippen LogP contribution in [0.15, 0.2) is 16.3 Å². The van der Waals surface area contributed by atoms with Crippen molar-refractivity contribution in [2.24, 2.45) is 0 Å². The molecule has 2 rings (SSSR count). The summed E-state index contributed by atoms with van der Waals surface area (Å²) in [5, 5.41) is 9.54. The molecule has 96 valence electrons. The van der Waals surface area contributed by atoms with Gasteiger partial charge in [0.2, 0.25) is 0 Å². The molecule has 1 fully saturated rings. The predicted octanol–water partition coefficient (Wildman–Crippen LogP) is 1.46. The maximum Gasteiger partial charge on any atom is 0.252 e. The lowest BCUT2D eigenvalue weighted by Gasteiger charge is -2.28. The zero-order chi connectivity index (χ0) is 12.5. The maximum absolute atomic E-state index is 12.3. The smallest absolute Gasteiger partial charge is 0.252 e. The van der Waals surface area contributed by atoms with Crippen LogP contribution in [-0.4, -0.2) is 37.0 Å². The summed E-state index contributed by atoms with van der Waals surface area (Å²) in [4.78, 5) is 1.07. The molecule has 0 aromatic carbocycles. The molecule has 17 heavy (non-hydrogen) atoms. The summed E-state index contributed by atoms with van der Waals surface area (Å²) < 4.78 is 26.4. The van der Waals surface area contributed by atoms with Crippen molar-refractivity contribution in [2.75, 3.05) is 13.1 Å². The van der Waals surface area contributed by atoms with Crippen LogP contribution in [0.2, 0.25) is 0 Å². The fourth-order valence-corrected chi connectivity index (χ4v) is 4.92. The molecule has 0 spiro atoms. The van der Waals surface area contributed by atoms with Crippen molar-refractivity contribution in [2.45, 2.75) is 36.5 Å². The molecular weight excluding hydrogens is 258 g/mol. The molecular formula is C11H17NO3S2. The van der Waals surface area contributed by atoms with Gasteiger partial charge in [0.25, 0.3) is 10.0 Å². The number of nitrogens with zero attached hydrogens (tertiary/aromatic N) is 1. The third-order valence-electron chi connectivity index (χ3n) is 2.94. The Kier molecular flexibility index (Phi) is 3.87. The van der Waals surface area contributed by atoms with Gasteiger partial charge < -0.3 is 5.11 Å². The highest BCUT2D eigenvalue weighted by Gasteiger charge is 2.30. The SMILES string of the molecule is CCc1ccc(S(=O)(=O)N2CCCC(O)C2)s1. The largest absolute Gasteiger partial charge is 0.392 e.